The minimum Gasteiger partial charge on any atom is -0.493 e. The summed E-state index contributed by atoms with van der Waals surface area (Å²) >= 11 is 0. The van der Waals surface area contributed by atoms with Crippen LogP contribution in [-0.4, -0.2) is 39.2 Å². The van der Waals surface area contributed by atoms with Crippen molar-refractivity contribution in [2.45, 2.75) is 18.2 Å². The Morgan fingerprint density at radius 2 is 1.66 bits per heavy atom. The van der Waals surface area contributed by atoms with Crippen LogP contribution in [0.4, 0.5) is 17.3 Å². The molecule has 32 heavy (non-hydrogen) atoms. The van der Waals surface area contributed by atoms with Crippen molar-refractivity contribution in [1.82, 2.24) is 14.8 Å². The lowest BCUT2D eigenvalue weighted by molar-refractivity contribution is 0.354. The standard InChI is InChI=1S/C21H26N6O4S/c1-14-4-7-16(8-5-14)32(28,29)27-26-21-19(22)20(24-13-25-21)23-11-10-15-6-9-17(30-2)18(12-15)31-3/h4-9,12-13,27H,10-11,22H2,1-3H3,(H2,23,24,25,26). The van der Waals surface area contributed by atoms with E-state index in [9.17, 15) is 8.42 Å². The lowest BCUT2D eigenvalue weighted by atomic mass is 10.1. The number of hydrogen-bond acceptors (Lipinski definition) is 9. The van der Waals surface area contributed by atoms with E-state index in [1.165, 1.54) is 18.5 Å². The summed E-state index contributed by atoms with van der Waals surface area (Å²) in [7, 11) is -0.617. The highest BCUT2D eigenvalue weighted by Gasteiger charge is 2.15. The van der Waals surface area contributed by atoms with Crippen molar-refractivity contribution in [2.75, 3.05) is 37.2 Å². The van der Waals surface area contributed by atoms with Crippen molar-refractivity contribution in [1.29, 1.82) is 0 Å². The molecule has 0 amide bonds. The molecule has 0 aliphatic carbocycles. The average Bonchev–Trinajstić information content (AvgIpc) is 2.79. The lowest BCUT2D eigenvalue weighted by Gasteiger charge is -2.14. The first-order chi connectivity index (χ1) is 15.3. The summed E-state index contributed by atoms with van der Waals surface area (Å²) in [6.07, 6.45) is 1.96. The zero-order chi connectivity index (χ0) is 23.1. The summed E-state index contributed by atoms with van der Waals surface area (Å²) in [4.78, 5) is 10.6. The number of nitrogens with one attached hydrogen (secondary N) is 3. The van der Waals surface area contributed by atoms with Gasteiger partial charge in [-0.05, 0) is 43.2 Å². The van der Waals surface area contributed by atoms with E-state index in [2.05, 4.69) is 25.5 Å². The van der Waals surface area contributed by atoms with E-state index in [-0.39, 0.29) is 16.4 Å². The Hall–Kier alpha value is -3.57. The maximum Gasteiger partial charge on any atom is 0.257 e. The number of rotatable bonds is 10. The fourth-order valence-corrected chi connectivity index (χ4v) is 3.73. The Labute approximate surface area is 187 Å². The quantitative estimate of drug-likeness (QED) is 0.337. The van der Waals surface area contributed by atoms with Gasteiger partial charge in [-0.15, -0.1) is 4.83 Å². The van der Waals surface area contributed by atoms with E-state index in [0.29, 0.717) is 30.3 Å². The number of aryl methyl sites for hydroxylation is 1. The molecular formula is C21H26N6O4S. The van der Waals surface area contributed by atoms with Gasteiger partial charge in [-0.25, -0.2) is 18.4 Å². The number of nitrogens with two attached hydrogens (primary N) is 1. The van der Waals surface area contributed by atoms with Crippen LogP contribution in [0.15, 0.2) is 53.7 Å². The van der Waals surface area contributed by atoms with Crippen molar-refractivity contribution < 1.29 is 17.9 Å². The van der Waals surface area contributed by atoms with Crippen LogP contribution in [0.1, 0.15) is 11.1 Å². The predicted molar refractivity (Wildman–Crippen MR) is 123 cm³/mol. The molecule has 0 aliphatic heterocycles. The zero-order valence-electron chi connectivity index (χ0n) is 18.0. The van der Waals surface area contributed by atoms with Crippen LogP contribution in [0, 0.1) is 6.92 Å². The molecule has 0 saturated carbocycles. The van der Waals surface area contributed by atoms with E-state index in [1.807, 2.05) is 25.1 Å². The highest BCUT2D eigenvalue weighted by molar-refractivity contribution is 7.89. The van der Waals surface area contributed by atoms with Crippen molar-refractivity contribution in [3.63, 3.8) is 0 Å². The molecule has 0 fully saturated rings. The Bertz CT molecular complexity index is 1170. The van der Waals surface area contributed by atoms with Gasteiger partial charge in [0.1, 0.15) is 12.0 Å². The van der Waals surface area contributed by atoms with Gasteiger partial charge < -0.3 is 20.5 Å². The number of anilines is 3. The zero-order valence-corrected chi connectivity index (χ0v) is 18.9. The fraction of sp³-hybridized carbons (Fsp3) is 0.238. The highest BCUT2D eigenvalue weighted by atomic mass is 32.2. The summed E-state index contributed by atoms with van der Waals surface area (Å²) < 4.78 is 35.5. The molecule has 0 unspecified atom stereocenters. The highest BCUT2D eigenvalue weighted by Crippen LogP contribution is 2.28. The fourth-order valence-electron chi connectivity index (χ4n) is 2.89. The molecule has 0 spiro atoms. The van der Waals surface area contributed by atoms with Crippen LogP contribution in [0.5, 0.6) is 11.5 Å². The van der Waals surface area contributed by atoms with E-state index in [4.69, 9.17) is 15.2 Å². The van der Waals surface area contributed by atoms with Gasteiger partial charge in [0.15, 0.2) is 23.1 Å². The lowest BCUT2D eigenvalue weighted by Crippen LogP contribution is -2.30. The van der Waals surface area contributed by atoms with Crippen LogP contribution in [0.2, 0.25) is 0 Å². The van der Waals surface area contributed by atoms with E-state index in [1.54, 1.807) is 26.4 Å². The number of hydrogen-bond donors (Lipinski definition) is 4. The molecule has 0 atom stereocenters. The third kappa shape index (κ3) is 5.56. The second kappa shape index (κ2) is 10.2. The molecule has 3 rings (SSSR count). The number of sulfonamides is 1. The number of nitrogens with zero attached hydrogens (tertiary/aromatic N) is 2. The normalized spacial score (nSPS) is 11.1. The maximum atomic E-state index is 12.4. The van der Waals surface area contributed by atoms with Gasteiger partial charge in [-0.3, -0.25) is 5.43 Å². The minimum atomic E-state index is -3.79. The Balaban J connectivity index is 1.62. The molecule has 0 aliphatic rings. The second-order valence-corrected chi connectivity index (χ2v) is 8.58. The predicted octanol–water partition coefficient (Wildman–Crippen LogP) is 2.34. The number of ether oxygens (including phenoxy) is 2. The first-order valence-electron chi connectivity index (χ1n) is 9.74. The Morgan fingerprint density at radius 3 is 2.34 bits per heavy atom. The van der Waals surface area contributed by atoms with Gasteiger partial charge in [-0.2, -0.15) is 0 Å². The molecule has 170 valence electrons. The third-order valence-corrected chi connectivity index (χ3v) is 5.94. The summed E-state index contributed by atoms with van der Waals surface area (Å²) in [5.74, 6) is 1.84. The molecule has 5 N–H and O–H groups in total. The number of benzene rings is 2. The Morgan fingerprint density at radius 1 is 0.969 bits per heavy atom. The topological polar surface area (TPSA) is 140 Å². The molecular weight excluding hydrogens is 432 g/mol. The Kier molecular flexibility index (Phi) is 7.33. The number of methoxy groups -OCH3 is 2. The van der Waals surface area contributed by atoms with Crippen LogP contribution in [0.25, 0.3) is 0 Å². The van der Waals surface area contributed by atoms with Crippen LogP contribution in [0.3, 0.4) is 0 Å². The van der Waals surface area contributed by atoms with E-state index in [0.717, 1.165) is 11.1 Å². The number of aromatic nitrogens is 2. The largest absolute Gasteiger partial charge is 0.493 e. The first kappa shape index (κ1) is 23.1. The van der Waals surface area contributed by atoms with Gasteiger partial charge in [0.25, 0.3) is 10.0 Å². The molecule has 0 bridgehead atoms. The van der Waals surface area contributed by atoms with Crippen molar-refractivity contribution >= 4 is 27.3 Å². The van der Waals surface area contributed by atoms with Crippen LogP contribution < -0.4 is 30.8 Å². The molecule has 1 aromatic heterocycles. The van der Waals surface area contributed by atoms with E-state index >= 15 is 0 Å². The minimum absolute atomic E-state index is 0.122. The van der Waals surface area contributed by atoms with Crippen LogP contribution >= 0.6 is 0 Å². The van der Waals surface area contributed by atoms with Crippen molar-refractivity contribution in [3.05, 3.63) is 59.9 Å². The third-order valence-electron chi connectivity index (χ3n) is 4.67. The molecule has 2 aromatic carbocycles. The van der Waals surface area contributed by atoms with Gasteiger partial charge in [0, 0.05) is 6.54 Å². The molecule has 0 radical (unpaired) electrons. The van der Waals surface area contributed by atoms with Gasteiger partial charge in [-0.1, -0.05) is 23.8 Å². The summed E-state index contributed by atoms with van der Waals surface area (Å²) in [5.41, 5.74) is 10.9. The van der Waals surface area contributed by atoms with E-state index < -0.39 is 10.0 Å². The number of hydrazine groups is 1. The van der Waals surface area contributed by atoms with Gasteiger partial charge in [0.05, 0.1) is 19.1 Å². The molecule has 3 aromatic rings. The summed E-state index contributed by atoms with van der Waals surface area (Å²) in [6.45, 7) is 2.41. The molecule has 0 saturated heterocycles. The molecule has 10 nitrogen and oxygen atoms in total. The van der Waals surface area contributed by atoms with Gasteiger partial charge >= 0.3 is 0 Å². The summed E-state index contributed by atoms with van der Waals surface area (Å²) in [6, 6.07) is 12.2. The van der Waals surface area contributed by atoms with Crippen molar-refractivity contribution in [3.8, 4) is 11.5 Å². The average molecular weight is 459 g/mol. The monoisotopic (exact) mass is 458 g/mol. The summed E-state index contributed by atoms with van der Waals surface area (Å²) in [5, 5.41) is 3.14. The second-order valence-electron chi connectivity index (χ2n) is 6.89. The first-order valence-corrected chi connectivity index (χ1v) is 11.2. The van der Waals surface area contributed by atoms with Crippen LogP contribution in [-0.2, 0) is 16.4 Å². The van der Waals surface area contributed by atoms with Gasteiger partial charge in [0.2, 0.25) is 0 Å². The van der Waals surface area contributed by atoms with Crippen molar-refractivity contribution in [2.24, 2.45) is 0 Å². The molecule has 11 heteroatoms. The smallest absolute Gasteiger partial charge is 0.257 e. The SMILES string of the molecule is COc1ccc(CCNc2ncnc(NNS(=O)(=O)c3ccc(C)cc3)c2N)cc1OC. The molecule has 1 heterocycles. The number of nitrogen functional groups attached to an aromatic ring is 1. The maximum absolute atomic E-state index is 12.4.